The molecule has 7 rings (SSSR count). The van der Waals surface area contributed by atoms with E-state index in [9.17, 15) is 0 Å². The van der Waals surface area contributed by atoms with E-state index in [4.69, 9.17) is 28.4 Å². The van der Waals surface area contributed by atoms with E-state index in [-0.39, 0.29) is 0 Å². The Balaban J connectivity index is 1.23. The van der Waals surface area contributed by atoms with Crippen LogP contribution in [0.15, 0.2) is 78.9 Å². The van der Waals surface area contributed by atoms with Gasteiger partial charge in [-0.15, -0.1) is 0 Å². The molecule has 0 radical (unpaired) electrons. The monoisotopic (exact) mass is 580 g/mol. The lowest BCUT2D eigenvalue weighted by molar-refractivity contribution is -0.249. The van der Waals surface area contributed by atoms with Crippen molar-refractivity contribution in [3.05, 3.63) is 90.0 Å². The summed E-state index contributed by atoms with van der Waals surface area (Å²) >= 11 is 0. The van der Waals surface area contributed by atoms with Crippen LogP contribution >= 0.6 is 0 Å². The van der Waals surface area contributed by atoms with Crippen molar-refractivity contribution in [1.82, 2.24) is 0 Å². The van der Waals surface area contributed by atoms with Crippen LogP contribution in [-0.2, 0) is 15.3 Å². The molecule has 222 valence electrons. The van der Waals surface area contributed by atoms with Crippen molar-refractivity contribution in [3.8, 4) is 28.7 Å². The summed E-state index contributed by atoms with van der Waals surface area (Å²) in [5.74, 6) is 2.67. The summed E-state index contributed by atoms with van der Waals surface area (Å²) in [6.45, 7) is 2.43. The minimum absolute atomic E-state index is 0.578. The Morgan fingerprint density at radius 2 is 1.14 bits per heavy atom. The summed E-state index contributed by atoms with van der Waals surface area (Å²) in [7, 11) is 5.75. The highest BCUT2D eigenvalue weighted by Gasteiger charge is 2.46. The van der Waals surface area contributed by atoms with Gasteiger partial charge in [-0.3, -0.25) is 0 Å². The molecule has 1 fully saturated rings. The Labute approximate surface area is 252 Å². The van der Waals surface area contributed by atoms with Crippen molar-refractivity contribution in [2.45, 2.75) is 25.0 Å². The largest absolute Gasteiger partial charge is 0.497 e. The van der Waals surface area contributed by atoms with Gasteiger partial charge < -0.3 is 38.2 Å². The second-order valence-corrected chi connectivity index (χ2v) is 11.0. The van der Waals surface area contributed by atoms with Gasteiger partial charge in [0.15, 0.2) is 0 Å². The first-order valence-electron chi connectivity index (χ1n) is 14.8. The Morgan fingerprint density at radius 1 is 0.581 bits per heavy atom. The molecule has 3 aliphatic rings. The van der Waals surface area contributed by atoms with E-state index in [1.54, 1.807) is 7.11 Å². The number of hydrogen-bond donors (Lipinski definition) is 0. The topological polar surface area (TPSA) is 61.9 Å². The SMILES string of the molecule is COc1ccc2c(c1)OCCCCOc1cc(Oc3ccc4c(c3)C3(OCCCO3)c3ccccc3N4C)ccc1N2C. The molecule has 0 bridgehead atoms. The van der Waals surface area contributed by atoms with Gasteiger partial charge >= 0.3 is 0 Å². The average molecular weight is 581 g/mol. The lowest BCUT2D eigenvalue weighted by Gasteiger charge is -2.45. The zero-order chi connectivity index (χ0) is 29.4. The van der Waals surface area contributed by atoms with Crippen LogP contribution < -0.4 is 28.7 Å². The Morgan fingerprint density at radius 3 is 1.84 bits per heavy atom. The van der Waals surface area contributed by atoms with Gasteiger partial charge in [-0.05, 0) is 67.8 Å². The number of para-hydroxylation sites is 1. The van der Waals surface area contributed by atoms with Crippen molar-refractivity contribution in [2.24, 2.45) is 0 Å². The third-order valence-corrected chi connectivity index (χ3v) is 8.31. The number of benzene rings is 4. The molecule has 3 aliphatic heterocycles. The molecule has 3 heterocycles. The third kappa shape index (κ3) is 4.90. The Kier molecular flexibility index (Phi) is 7.24. The standard InChI is InChI=1S/C35H36N2O6/c1-36-29-10-5-4-9-27(29)35(41-19-8-20-42-35)28-21-25(12-14-30(28)36)43-26-13-16-32-34(23-26)40-18-7-6-17-39-33-22-24(38-3)11-15-31(33)37(32)2/h4-5,9-16,21-23H,6-8,17-20H2,1-3H3. The molecule has 0 aromatic heterocycles. The molecule has 1 spiro atoms. The maximum absolute atomic E-state index is 6.49. The van der Waals surface area contributed by atoms with Crippen LogP contribution in [0.2, 0.25) is 0 Å². The van der Waals surface area contributed by atoms with Crippen LogP contribution in [0.1, 0.15) is 30.4 Å². The summed E-state index contributed by atoms with van der Waals surface area (Å²) in [4.78, 5) is 4.26. The van der Waals surface area contributed by atoms with Crippen molar-refractivity contribution in [3.63, 3.8) is 0 Å². The molecule has 4 aromatic carbocycles. The molecule has 0 aliphatic carbocycles. The first-order valence-corrected chi connectivity index (χ1v) is 14.8. The lowest BCUT2D eigenvalue weighted by atomic mass is 9.88. The minimum Gasteiger partial charge on any atom is -0.497 e. The fourth-order valence-electron chi connectivity index (χ4n) is 6.10. The molecule has 0 saturated carbocycles. The number of ether oxygens (including phenoxy) is 6. The van der Waals surface area contributed by atoms with Crippen LogP contribution in [0.25, 0.3) is 0 Å². The maximum atomic E-state index is 6.49. The molecule has 8 heteroatoms. The first-order chi connectivity index (χ1) is 21.1. The number of rotatable bonds is 3. The van der Waals surface area contributed by atoms with Gasteiger partial charge in [0.2, 0.25) is 5.79 Å². The van der Waals surface area contributed by atoms with Crippen LogP contribution in [-0.4, -0.2) is 47.6 Å². The first kappa shape index (κ1) is 27.4. The molecule has 0 unspecified atom stereocenters. The average Bonchev–Trinajstić information content (AvgIpc) is 3.08. The molecule has 4 aromatic rings. The van der Waals surface area contributed by atoms with Gasteiger partial charge in [-0.25, -0.2) is 0 Å². The third-order valence-electron chi connectivity index (χ3n) is 8.31. The van der Waals surface area contributed by atoms with Crippen LogP contribution in [0.5, 0.6) is 28.7 Å². The van der Waals surface area contributed by atoms with Gasteiger partial charge in [-0.2, -0.15) is 0 Å². The Hall–Kier alpha value is -4.40. The van der Waals surface area contributed by atoms with Crippen LogP contribution in [0.3, 0.4) is 0 Å². The van der Waals surface area contributed by atoms with Crippen LogP contribution in [0, 0.1) is 0 Å². The second-order valence-electron chi connectivity index (χ2n) is 11.0. The van der Waals surface area contributed by atoms with Gasteiger partial charge in [-0.1, -0.05) is 18.2 Å². The molecule has 0 amide bonds. The number of nitrogens with zero attached hydrogens (tertiary/aromatic N) is 2. The van der Waals surface area contributed by atoms with Gasteiger partial charge in [0.25, 0.3) is 0 Å². The predicted octanol–water partition coefficient (Wildman–Crippen LogP) is 7.53. The molecule has 8 nitrogen and oxygen atoms in total. The summed E-state index contributed by atoms with van der Waals surface area (Å²) in [6.07, 6.45) is 2.61. The summed E-state index contributed by atoms with van der Waals surface area (Å²) in [5, 5.41) is 0. The summed E-state index contributed by atoms with van der Waals surface area (Å²) in [5.41, 5.74) is 5.88. The van der Waals surface area contributed by atoms with Crippen molar-refractivity contribution in [2.75, 3.05) is 57.4 Å². The van der Waals surface area contributed by atoms with Crippen LogP contribution in [0.4, 0.5) is 22.7 Å². The van der Waals surface area contributed by atoms with E-state index >= 15 is 0 Å². The Bertz CT molecular complexity index is 1630. The summed E-state index contributed by atoms with van der Waals surface area (Å²) in [6, 6.07) is 26.2. The van der Waals surface area contributed by atoms with Crippen molar-refractivity contribution >= 4 is 22.7 Å². The van der Waals surface area contributed by atoms with E-state index in [1.807, 2.05) is 67.7 Å². The minimum atomic E-state index is -0.971. The fourth-order valence-corrected chi connectivity index (χ4v) is 6.10. The number of anilines is 4. The zero-order valence-corrected chi connectivity index (χ0v) is 24.8. The molecule has 43 heavy (non-hydrogen) atoms. The lowest BCUT2D eigenvalue weighted by Crippen LogP contribution is -2.43. The fraction of sp³-hybridized carbons (Fsp3) is 0.314. The quantitative estimate of drug-likeness (QED) is 0.247. The number of fused-ring (bicyclic) bond motifs is 6. The maximum Gasteiger partial charge on any atom is 0.226 e. The van der Waals surface area contributed by atoms with Gasteiger partial charge in [0, 0.05) is 43.0 Å². The molecular formula is C35H36N2O6. The number of hydrogen-bond acceptors (Lipinski definition) is 8. The highest BCUT2D eigenvalue weighted by molar-refractivity contribution is 5.77. The zero-order valence-electron chi connectivity index (χ0n) is 24.8. The second kappa shape index (κ2) is 11.4. The molecule has 0 atom stereocenters. The summed E-state index contributed by atoms with van der Waals surface area (Å²) < 4.78 is 37.3. The van der Waals surface area contributed by atoms with Crippen molar-refractivity contribution < 1.29 is 28.4 Å². The highest BCUT2D eigenvalue weighted by atomic mass is 16.7. The number of methoxy groups -OCH3 is 1. The van der Waals surface area contributed by atoms with Crippen molar-refractivity contribution in [1.29, 1.82) is 0 Å². The van der Waals surface area contributed by atoms with E-state index in [1.165, 1.54) is 0 Å². The smallest absolute Gasteiger partial charge is 0.226 e. The van der Waals surface area contributed by atoms with Gasteiger partial charge in [0.05, 0.1) is 50.6 Å². The van der Waals surface area contributed by atoms with E-state index < -0.39 is 5.79 Å². The highest BCUT2D eigenvalue weighted by Crippen LogP contribution is 2.52. The molecule has 0 N–H and O–H groups in total. The van der Waals surface area contributed by atoms with Gasteiger partial charge in [0.1, 0.15) is 28.7 Å². The predicted molar refractivity (Wildman–Crippen MR) is 166 cm³/mol. The van der Waals surface area contributed by atoms with E-state index in [0.29, 0.717) is 37.9 Å². The normalized spacial score (nSPS) is 17.3. The molecular weight excluding hydrogens is 544 g/mol. The van der Waals surface area contributed by atoms with E-state index in [2.05, 4.69) is 35.0 Å². The molecule has 1 saturated heterocycles. The van der Waals surface area contributed by atoms with E-state index in [0.717, 1.165) is 70.4 Å².